The third-order valence-corrected chi connectivity index (χ3v) is 5.02. The number of nitrogens with zero attached hydrogens (tertiary/aromatic N) is 2. The van der Waals surface area contributed by atoms with Gasteiger partial charge in [-0.25, -0.2) is 4.98 Å². The van der Waals surface area contributed by atoms with Crippen molar-refractivity contribution >= 4 is 28.8 Å². The molecule has 1 saturated carbocycles. The molecular formula is C18H19N3O2S. The van der Waals surface area contributed by atoms with Crippen LogP contribution in [-0.2, 0) is 22.6 Å². The molecule has 3 rings (SSSR count). The molecule has 1 fully saturated rings. The highest BCUT2D eigenvalue weighted by molar-refractivity contribution is 7.11. The van der Waals surface area contributed by atoms with Crippen LogP contribution in [0.25, 0.3) is 0 Å². The van der Waals surface area contributed by atoms with E-state index in [1.165, 1.54) is 18.9 Å². The van der Waals surface area contributed by atoms with Gasteiger partial charge >= 0.3 is 0 Å². The fourth-order valence-electron chi connectivity index (χ4n) is 2.47. The molecular weight excluding hydrogens is 322 g/mol. The lowest BCUT2D eigenvalue weighted by molar-refractivity contribution is -0.117. The number of thiazole rings is 1. The monoisotopic (exact) mass is 341 g/mol. The molecule has 124 valence electrons. The number of rotatable bonds is 7. The predicted molar refractivity (Wildman–Crippen MR) is 94.8 cm³/mol. The average molecular weight is 341 g/mol. The Kier molecular flexibility index (Phi) is 4.76. The fraction of sp³-hybridized carbons (Fsp3) is 0.278. The summed E-state index contributed by atoms with van der Waals surface area (Å²) in [4.78, 5) is 30.4. The van der Waals surface area contributed by atoms with Crippen LogP contribution in [0.2, 0.25) is 0 Å². The number of anilines is 1. The Balaban J connectivity index is 1.78. The zero-order valence-electron chi connectivity index (χ0n) is 13.3. The SMILES string of the molecule is C=CC(=O)N(Cc1cnc(C2CC2)s1)c1ccc(CC(N)=O)cc1. The summed E-state index contributed by atoms with van der Waals surface area (Å²) in [5, 5.41) is 1.16. The van der Waals surface area contributed by atoms with Gasteiger partial charge in [0, 0.05) is 22.7 Å². The van der Waals surface area contributed by atoms with E-state index in [2.05, 4.69) is 11.6 Å². The molecule has 1 aliphatic carbocycles. The lowest BCUT2D eigenvalue weighted by Gasteiger charge is -2.20. The number of amides is 2. The van der Waals surface area contributed by atoms with Gasteiger partial charge in [-0.1, -0.05) is 18.7 Å². The Morgan fingerprint density at radius 1 is 1.33 bits per heavy atom. The number of primary amides is 1. The van der Waals surface area contributed by atoms with Crippen LogP contribution in [0.15, 0.2) is 43.1 Å². The summed E-state index contributed by atoms with van der Waals surface area (Å²) < 4.78 is 0. The summed E-state index contributed by atoms with van der Waals surface area (Å²) in [5.74, 6) is 0.0680. The first-order valence-corrected chi connectivity index (χ1v) is 8.64. The molecule has 0 unspecified atom stereocenters. The number of nitrogens with two attached hydrogens (primary N) is 1. The van der Waals surface area contributed by atoms with E-state index in [9.17, 15) is 9.59 Å². The van der Waals surface area contributed by atoms with Gasteiger partial charge in [0.2, 0.25) is 5.91 Å². The van der Waals surface area contributed by atoms with Crippen molar-refractivity contribution < 1.29 is 9.59 Å². The first-order valence-electron chi connectivity index (χ1n) is 7.82. The molecule has 5 nitrogen and oxygen atoms in total. The van der Waals surface area contributed by atoms with E-state index in [-0.39, 0.29) is 18.2 Å². The third kappa shape index (κ3) is 3.89. The molecule has 1 aromatic heterocycles. The van der Waals surface area contributed by atoms with Crippen LogP contribution in [0.1, 0.15) is 34.2 Å². The molecule has 24 heavy (non-hydrogen) atoms. The van der Waals surface area contributed by atoms with E-state index < -0.39 is 0 Å². The minimum absolute atomic E-state index is 0.168. The zero-order valence-corrected chi connectivity index (χ0v) is 14.1. The topological polar surface area (TPSA) is 76.3 Å². The molecule has 2 amide bonds. The van der Waals surface area contributed by atoms with Crippen molar-refractivity contribution in [1.82, 2.24) is 4.98 Å². The number of carbonyl (C=O) groups excluding carboxylic acids is 2. The van der Waals surface area contributed by atoms with Gasteiger partial charge in [0.1, 0.15) is 0 Å². The van der Waals surface area contributed by atoms with Crippen LogP contribution in [0, 0.1) is 0 Å². The summed E-state index contributed by atoms with van der Waals surface area (Å²) in [6, 6.07) is 7.27. The van der Waals surface area contributed by atoms with Gasteiger partial charge in [-0.15, -0.1) is 11.3 Å². The summed E-state index contributed by atoms with van der Waals surface area (Å²) in [7, 11) is 0. The van der Waals surface area contributed by atoms with Crippen molar-refractivity contribution in [3.8, 4) is 0 Å². The quantitative estimate of drug-likeness (QED) is 0.787. The number of hydrogen-bond acceptors (Lipinski definition) is 4. The lowest BCUT2D eigenvalue weighted by Crippen LogP contribution is -2.28. The average Bonchev–Trinajstić information content (AvgIpc) is 3.31. The maximum Gasteiger partial charge on any atom is 0.250 e. The van der Waals surface area contributed by atoms with Crippen molar-refractivity contribution in [3.63, 3.8) is 0 Å². The van der Waals surface area contributed by atoms with Crippen molar-refractivity contribution in [3.05, 3.63) is 58.6 Å². The fourth-order valence-corrected chi connectivity index (χ4v) is 3.55. The van der Waals surface area contributed by atoms with Crippen LogP contribution in [0.4, 0.5) is 5.69 Å². The number of carbonyl (C=O) groups is 2. The molecule has 0 bridgehead atoms. The molecule has 0 spiro atoms. The smallest absolute Gasteiger partial charge is 0.250 e. The summed E-state index contributed by atoms with van der Waals surface area (Å²) in [5.41, 5.74) is 6.79. The van der Waals surface area contributed by atoms with Crippen molar-refractivity contribution in [2.45, 2.75) is 31.7 Å². The van der Waals surface area contributed by atoms with Gasteiger partial charge in [-0.05, 0) is 36.6 Å². The van der Waals surface area contributed by atoms with Crippen LogP contribution in [0.3, 0.4) is 0 Å². The number of aromatic nitrogens is 1. The van der Waals surface area contributed by atoms with E-state index in [0.29, 0.717) is 12.5 Å². The minimum atomic E-state index is -0.376. The third-order valence-electron chi connectivity index (χ3n) is 3.88. The van der Waals surface area contributed by atoms with Gasteiger partial charge in [0.15, 0.2) is 0 Å². The maximum atomic E-state index is 12.3. The molecule has 6 heteroatoms. The molecule has 2 aromatic rings. The standard InChI is InChI=1S/C18H19N3O2S/c1-2-17(23)21(11-15-10-20-18(24-15)13-5-6-13)14-7-3-12(4-8-14)9-16(19)22/h2-4,7-8,10,13H,1,5-6,9,11H2,(H2,19,22). The lowest BCUT2D eigenvalue weighted by atomic mass is 10.1. The summed E-state index contributed by atoms with van der Waals surface area (Å²) in [6.45, 7) is 4.05. The maximum absolute atomic E-state index is 12.3. The van der Waals surface area contributed by atoms with E-state index in [0.717, 1.165) is 21.1 Å². The highest BCUT2D eigenvalue weighted by Crippen LogP contribution is 2.42. The van der Waals surface area contributed by atoms with Gasteiger partial charge in [0.05, 0.1) is 18.0 Å². The van der Waals surface area contributed by atoms with Crippen LogP contribution >= 0.6 is 11.3 Å². The summed E-state index contributed by atoms with van der Waals surface area (Å²) in [6.07, 6.45) is 5.77. The summed E-state index contributed by atoms with van der Waals surface area (Å²) >= 11 is 1.67. The molecule has 0 radical (unpaired) electrons. The van der Waals surface area contributed by atoms with Crippen molar-refractivity contribution in [2.75, 3.05) is 4.90 Å². The van der Waals surface area contributed by atoms with E-state index in [4.69, 9.17) is 5.73 Å². The Morgan fingerprint density at radius 2 is 2.04 bits per heavy atom. The van der Waals surface area contributed by atoms with Gasteiger partial charge in [-0.2, -0.15) is 0 Å². The Hall–Kier alpha value is -2.47. The van der Waals surface area contributed by atoms with E-state index in [1.54, 1.807) is 16.2 Å². The predicted octanol–water partition coefficient (Wildman–Crippen LogP) is 2.77. The van der Waals surface area contributed by atoms with Crippen LogP contribution in [-0.4, -0.2) is 16.8 Å². The van der Waals surface area contributed by atoms with Crippen molar-refractivity contribution in [1.29, 1.82) is 0 Å². The zero-order chi connectivity index (χ0) is 17.1. The van der Waals surface area contributed by atoms with Gasteiger partial charge in [0.25, 0.3) is 5.91 Å². The highest BCUT2D eigenvalue weighted by atomic mass is 32.1. The second-order valence-corrected chi connectivity index (χ2v) is 7.02. The van der Waals surface area contributed by atoms with Crippen LogP contribution in [0.5, 0.6) is 0 Å². The normalized spacial score (nSPS) is 13.5. The Bertz CT molecular complexity index is 763. The van der Waals surface area contributed by atoms with Crippen LogP contribution < -0.4 is 10.6 Å². The minimum Gasteiger partial charge on any atom is -0.369 e. The Morgan fingerprint density at radius 3 is 2.62 bits per heavy atom. The molecule has 0 atom stereocenters. The molecule has 1 aliphatic rings. The Labute approximate surface area is 144 Å². The molecule has 1 aromatic carbocycles. The second-order valence-electron chi connectivity index (χ2n) is 5.88. The second kappa shape index (κ2) is 6.97. The highest BCUT2D eigenvalue weighted by Gasteiger charge is 2.27. The largest absolute Gasteiger partial charge is 0.369 e. The van der Waals surface area contributed by atoms with E-state index in [1.807, 2.05) is 30.5 Å². The number of hydrogen-bond donors (Lipinski definition) is 1. The van der Waals surface area contributed by atoms with E-state index >= 15 is 0 Å². The van der Waals surface area contributed by atoms with Crippen molar-refractivity contribution in [2.24, 2.45) is 5.73 Å². The molecule has 1 heterocycles. The molecule has 0 aliphatic heterocycles. The number of benzene rings is 1. The van der Waals surface area contributed by atoms with Gasteiger partial charge < -0.3 is 10.6 Å². The first kappa shape index (κ1) is 16.4. The van der Waals surface area contributed by atoms with Gasteiger partial charge in [-0.3, -0.25) is 9.59 Å². The first-order chi connectivity index (χ1) is 11.6. The molecule has 2 N–H and O–H groups in total. The molecule has 0 saturated heterocycles.